The summed E-state index contributed by atoms with van der Waals surface area (Å²) in [6.45, 7) is 2.13. The number of anilines is 1. The highest BCUT2D eigenvalue weighted by Crippen LogP contribution is 2.43. The summed E-state index contributed by atoms with van der Waals surface area (Å²) in [5.41, 5.74) is 11.7. The molecule has 1 atom stereocenters. The minimum atomic E-state index is -0.0329. The predicted molar refractivity (Wildman–Crippen MR) is 120 cm³/mol. The van der Waals surface area contributed by atoms with Gasteiger partial charge in [-0.15, -0.1) is 0 Å². The van der Waals surface area contributed by atoms with Crippen LogP contribution in [0.25, 0.3) is 17.3 Å². The number of phenolic OH excluding ortho intramolecular Hbond substituents is 1. The molecule has 3 aliphatic rings. The van der Waals surface area contributed by atoms with E-state index in [1.54, 1.807) is 12.1 Å². The number of hydrogen-bond acceptors (Lipinski definition) is 4. The summed E-state index contributed by atoms with van der Waals surface area (Å²) in [6, 6.07) is 26.4. The maximum absolute atomic E-state index is 9.84. The molecule has 1 unspecified atom stereocenters. The van der Waals surface area contributed by atoms with Gasteiger partial charge in [-0.25, -0.2) is 0 Å². The predicted octanol–water partition coefficient (Wildman–Crippen LogP) is 2.98. The lowest BCUT2D eigenvalue weighted by Crippen LogP contribution is -2.50. The second-order valence-electron chi connectivity index (χ2n) is 7.85. The van der Waals surface area contributed by atoms with Gasteiger partial charge in [0.1, 0.15) is 11.9 Å². The van der Waals surface area contributed by atoms with Gasteiger partial charge >= 0.3 is 0 Å². The molecule has 6 rings (SSSR count). The maximum atomic E-state index is 9.84. The first-order chi connectivity index (χ1) is 14.7. The molecule has 0 aromatic heterocycles. The average molecular weight is 391 g/mol. The number of aromatic hydroxyl groups is 1. The number of rotatable bonds is 2. The van der Waals surface area contributed by atoms with Crippen molar-refractivity contribution in [3.63, 3.8) is 0 Å². The van der Waals surface area contributed by atoms with Crippen LogP contribution in [0.5, 0.6) is 5.75 Å². The van der Waals surface area contributed by atoms with Crippen LogP contribution in [0.15, 0.2) is 95.7 Å². The van der Waals surface area contributed by atoms with Crippen LogP contribution in [0, 0.1) is 0 Å². The van der Waals surface area contributed by atoms with Crippen LogP contribution in [-0.4, -0.2) is 11.3 Å². The van der Waals surface area contributed by atoms with Crippen molar-refractivity contribution in [3.05, 3.63) is 112 Å². The second kappa shape index (κ2) is 6.29. The van der Waals surface area contributed by atoms with Crippen LogP contribution in [0.1, 0.15) is 12.5 Å². The summed E-state index contributed by atoms with van der Waals surface area (Å²) in [7, 11) is 0. The first kappa shape index (κ1) is 17.0. The van der Waals surface area contributed by atoms with Crippen molar-refractivity contribution in [1.29, 1.82) is 0 Å². The molecule has 2 heterocycles. The molecule has 0 saturated heterocycles. The summed E-state index contributed by atoms with van der Waals surface area (Å²) in [4.78, 5) is 0. The quantitative estimate of drug-likeness (QED) is 0.629. The number of allylic oxidation sites excluding steroid dienone is 1. The van der Waals surface area contributed by atoms with E-state index in [9.17, 15) is 5.11 Å². The molecule has 0 radical (unpaired) electrons. The molecule has 3 N–H and O–H groups in total. The molecule has 146 valence electrons. The van der Waals surface area contributed by atoms with Crippen LogP contribution in [0.4, 0.5) is 5.69 Å². The fourth-order valence-electron chi connectivity index (χ4n) is 4.70. The van der Waals surface area contributed by atoms with E-state index in [4.69, 9.17) is 0 Å². The van der Waals surface area contributed by atoms with Crippen molar-refractivity contribution in [2.45, 2.75) is 13.1 Å². The molecule has 30 heavy (non-hydrogen) atoms. The lowest BCUT2D eigenvalue weighted by molar-refractivity contribution is 0.475. The van der Waals surface area contributed by atoms with Crippen molar-refractivity contribution >= 4 is 23.0 Å². The standard InChI is InChI=1S/C26H21N3O/c1-16-23-24(17-11-13-20(30)14-12-17)22-15-18-7-5-6-10-21(18)25(22)27-26(23)29(28-16)19-8-3-2-4-9-19/h2-15,26-28,30H,1H3. The van der Waals surface area contributed by atoms with Gasteiger partial charge in [0.05, 0.1) is 11.4 Å². The Hall–Kier alpha value is -3.92. The Morgan fingerprint density at radius 3 is 2.40 bits per heavy atom. The van der Waals surface area contributed by atoms with Gasteiger partial charge in [-0.3, -0.25) is 5.01 Å². The number of para-hydroxylation sites is 1. The van der Waals surface area contributed by atoms with Gasteiger partial charge in [0.2, 0.25) is 0 Å². The van der Waals surface area contributed by atoms with E-state index < -0.39 is 0 Å². The van der Waals surface area contributed by atoms with Gasteiger partial charge in [0.25, 0.3) is 0 Å². The molecule has 3 aromatic carbocycles. The summed E-state index contributed by atoms with van der Waals surface area (Å²) in [5.74, 6) is 0.277. The monoisotopic (exact) mass is 391 g/mol. The normalized spacial score (nSPS) is 19.0. The Morgan fingerprint density at radius 1 is 0.867 bits per heavy atom. The van der Waals surface area contributed by atoms with E-state index in [0.29, 0.717) is 0 Å². The lowest BCUT2D eigenvalue weighted by atomic mass is 9.86. The van der Waals surface area contributed by atoms with Gasteiger partial charge in [-0.05, 0) is 48.0 Å². The second-order valence-corrected chi connectivity index (χ2v) is 7.85. The zero-order valence-corrected chi connectivity index (χ0v) is 16.6. The third kappa shape index (κ3) is 2.40. The molecule has 0 saturated carbocycles. The zero-order valence-electron chi connectivity index (χ0n) is 16.6. The molecule has 0 amide bonds. The lowest BCUT2D eigenvalue weighted by Gasteiger charge is -2.35. The minimum Gasteiger partial charge on any atom is -0.508 e. The van der Waals surface area contributed by atoms with Crippen LogP contribution in [0.2, 0.25) is 0 Å². The average Bonchev–Trinajstić information content (AvgIpc) is 3.31. The number of hydrogen-bond donors (Lipinski definition) is 3. The molecule has 4 heteroatoms. The van der Waals surface area contributed by atoms with E-state index in [0.717, 1.165) is 22.6 Å². The number of hydrazine groups is 1. The van der Waals surface area contributed by atoms with Gasteiger partial charge < -0.3 is 15.8 Å². The Balaban J connectivity index is 1.62. The summed E-state index contributed by atoms with van der Waals surface area (Å²) < 4.78 is 0. The zero-order chi connectivity index (χ0) is 20.2. The number of nitrogens with zero attached hydrogens (tertiary/aromatic N) is 1. The van der Waals surface area contributed by atoms with E-state index in [1.165, 1.54) is 27.2 Å². The van der Waals surface area contributed by atoms with Crippen molar-refractivity contribution in [2.75, 3.05) is 5.01 Å². The first-order valence-corrected chi connectivity index (χ1v) is 10.1. The van der Waals surface area contributed by atoms with Gasteiger partial charge in [0, 0.05) is 27.6 Å². The Labute approximate surface area is 174 Å². The van der Waals surface area contributed by atoms with Gasteiger partial charge in [0.15, 0.2) is 0 Å². The Bertz CT molecular complexity index is 1350. The number of nitrogens with one attached hydrogen (secondary N) is 2. The van der Waals surface area contributed by atoms with Crippen LogP contribution >= 0.6 is 0 Å². The summed E-state index contributed by atoms with van der Waals surface area (Å²) in [6.07, 6.45) is 2.23. The largest absolute Gasteiger partial charge is 0.508 e. The summed E-state index contributed by atoms with van der Waals surface area (Å²) >= 11 is 0. The van der Waals surface area contributed by atoms with Crippen LogP contribution in [0.3, 0.4) is 0 Å². The molecular formula is C26H21N3O. The minimum absolute atomic E-state index is 0.0329. The molecule has 0 fully saturated rings. The topological polar surface area (TPSA) is 47.5 Å². The molecule has 3 aromatic rings. The highest BCUT2D eigenvalue weighted by Gasteiger charge is 2.40. The number of phenols is 1. The molecule has 0 bridgehead atoms. The number of fused-ring (bicyclic) bond motifs is 3. The molecule has 4 nitrogen and oxygen atoms in total. The van der Waals surface area contributed by atoms with Crippen molar-refractivity contribution in [2.24, 2.45) is 0 Å². The highest BCUT2D eigenvalue weighted by atomic mass is 16.3. The van der Waals surface area contributed by atoms with Crippen LogP contribution in [-0.2, 0) is 0 Å². The molecule has 0 spiro atoms. The third-order valence-electron chi connectivity index (χ3n) is 6.03. The van der Waals surface area contributed by atoms with E-state index in [1.807, 2.05) is 18.2 Å². The highest BCUT2D eigenvalue weighted by molar-refractivity contribution is 6.02. The fourth-order valence-corrected chi connectivity index (χ4v) is 4.70. The smallest absolute Gasteiger partial charge is 0.147 e. The van der Waals surface area contributed by atoms with Crippen molar-refractivity contribution < 1.29 is 5.11 Å². The SMILES string of the molecule is CC1=C2C(c3ccc(O)cc3)=C3C=c4ccccc4=C3NC2N(c2ccccc2)N1. The molecule has 2 aliphatic heterocycles. The third-order valence-corrected chi connectivity index (χ3v) is 6.03. The van der Waals surface area contributed by atoms with Crippen molar-refractivity contribution in [3.8, 4) is 5.75 Å². The van der Waals surface area contributed by atoms with Gasteiger partial charge in [-0.2, -0.15) is 0 Å². The Kier molecular flexibility index (Phi) is 3.56. The molecular weight excluding hydrogens is 370 g/mol. The van der Waals surface area contributed by atoms with E-state index in [2.05, 4.69) is 77.3 Å². The molecule has 1 aliphatic carbocycles. The van der Waals surface area contributed by atoms with Crippen LogP contribution < -0.4 is 26.2 Å². The maximum Gasteiger partial charge on any atom is 0.147 e. The fraction of sp³-hybridized carbons (Fsp3) is 0.0769. The number of benzene rings is 3. The van der Waals surface area contributed by atoms with E-state index in [-0.39, 0.29) is 11.9 Å². The van der Waals surface area contributed by atoms with E-state index >= 15 is 0 Å². The van der Waals surface area contributed by atoms with Gasteiger partial charge in [-0.1, -0.05) is 54.6 Å². The Morgan fingerprint density at radius 2 is 1.60 bits per heavy atom. The summed E-state index contributed by atoms with van der Waals surface area (Å²) in [5, 5.41) is 18.3. The first-order valence-electron chi connectivity index (χ1n) is 10.1. The van der Waals surface area contributed by atoms with Crippen molar-refractivity contribution in [1.82, 2.24) is 10.7 Å².